The van der Waals surface area contributed by atoms with E-state index in [1.807, 2.05) is 6.92 Å². The maximum Gasteiger partial charge on any atom is 0.408 e. The van der Waals surface area contributed by atoms with Gasteiger partial charge in [0.05, 0.1) is 0 Å². The number of alkyl carbamates (subject to hydrolysis) is 1. The standard InChI is InChI=1S/C13H21NO4/c1-6-7-9(2)8-10(11(15)16)14-12(17)18-13(3,4)5/h6-7,10H,2,8H2,1,3-5H3,(H,14,17)(H,15,16)/b7-6-. The van der Waals surface area contributed by atoms with E-state index >= 15 is 0 Å². The topological polar surface area (TPSA) is 75.6 Å². The van der Waals surface area contributed by atoms with Crippen LogP contribution in [0.5, 0.6) is 0 Å². The first-order chi connectivity index (χ1) is 8.15. The third kappa shape index (κ3) is 7.49. The Hall–Kier alpha value is -1.78. The SMILES string of the molecule is C=C(/C=C\C)CC(NC(=O)OC(C)(C)C)C(=O)O. The summed E-state index contributed by atoms with van der Waals surface area (Å²) in [4.78, 5) is 22.5. The predicted octanol–water partition coefficient (Wildman–Crippen LogP) is 2.49. The molecule has 0 aromatic carbocycles. The molecule has 0 spiro atoms. The van der Waals surface area contributed by atoms with Gasteiger partial charge in [0.1, 0.15) is 11.6 Å². The van der Waals surface area contributed by atoms with Crippen molar-refractivity contribution in [3.05, 3.63) is 24.3 Å². The zero-order chi connectivity index (χ0) is 14.3. The second-order valence-corrected chi connectivity index (χ2v) is 4.90. The Morgan fingerprint density at radius 3 is 2.39 bits per heavy atom. The highest BCUT2D eigenvalue weighted by molar-refractivity contribution is 5.80. The maximum absolute atomic E-state index is 11.5. The van der Waals surface area contributed by atoms with Gasteiger partial charge in [-0.25, -0.2) is 9.59 Å². The number of amides is 1. The fourth-order valence-corrected chi connectivity index (χ4v) is 1.22. The minimum atomic E-state index is -1.12. The van der Waals surface area contributed by atoms with E-state index in [0.29, 0.717) is 5.57 Å². The van der Waals surface area contributed by atoms with Crippen LogP contribution in [0.1, 0.15) is 34.1 Å². The summed E-state index contributed by atoms with van der Waals surface area (Å²) in [6.45, 7) is 10.6. The molecule has 1 unspecified atom stereocenters. The number of carbonyl (C=O) groups excluding carboxylic acids is 1. The fraction of sp³-hybridized carbons (Fsp3) is 0.538. The zero-order valence-corrected chi connectivity index (χ0v) is 11.3. The van der Waals surface area contributed by atoms with Crippen molar-refractivity contribution in [1.29, 1.82) is 0 Å². The molecule has 102 valence electrons. The second-order valence-electron chi connectivity index (χ2n) is 4.90. The molecule has 1 atom stereocenters. The molecular formula is C13H21NO4. The molecule has 0 aliphatic carbocycles. The summed E-state index contributed by atoms with van der Waals surface area (Å²) in [5, 5.41) is 11.3. The molecule has 0 radical (unpaired) electrons. The average molecular weight is 255 g/mol. The molecule has 0 bridgehead atoms. The van der Waals surface area contributed by atoms with Crippen LogP contribution in [0.4, 0.5) is 4.79 Å². The van der Waals surface area contributed by atoms with Crippen molar-refractivity contribution in [2.24, 2.45) is 0 Å². The van der Waals surface area contributed by atoms with E-state index in [-0.39, 0.29) is 6.42 Å². The molecule has 18 heavy (non-hydrogen) atoms. The monoisotopic (exact) mass is 255 g/mol. The predicted molar refractivity (Wildman–Crippen MR) is 69.4 cm³/mol. The Bertz CT molecular complexity index is 352. The van der Waals surface area contributed by atoms with Gasteiger partial charge in [-0.3, -0.25) is 0 Å². The number of carbonyl (C=O) groups is 2. The van der Waals surface area contributed by atoms with Crippen molar-refractivity contribution in [1.82, 2.24) is 5.32 Å². The first-order valence-corrected chi connectivity index (χ1v) is 5.68. The van der Waals surface area contributed by atoms with Crippen molar-refractivity contribution in [2.75, 3.05) is 0 Å². The molecule has 2 N–H and O–H groups in total. The number of allylic oxidation sites excluding steroid dienone is 2. The van der Waals surface area contributed by atoms with E-state index in [2.05, 4.69) is 11.9 Å². The number of ether oxygens (including phenoxy) is 1. The lowest BCUT2D eigenvalue weighted by molar-refractivity contribution is -0.139. The molecule has 0 aromatic heterocycles. The lowest BCUT2D eigenvalue weighted by Gasteiger charge is -2.22. The summed E-state index contributed by atoms with van der Waals surface area (Å²) in [6.07, 6.45) is 2.85. The number of carboxylic acids is 1. The molecule has 1 amide bonds. The third-order valence-corrected chi connectivity index (χ3v) is 1.86. The van der Waals surface area contributed by atoms with Gasteiger partial charge in [-0.2, -0.15) is 0 Å². The fourth-order valence-electron chi connectivity index (χ4n) is 1.22. The van der Waals surface area contributed by atoms with Gasteiger partial charge in [-0.15, -0.1) is 0 Å². The lowest BCUT2D eigenvalue weighted by atomic mass is 10.1. The smallest absolute Gasteiger partial charge is 0.408 e. The van der Waals surface area contributed by atoms with Crippen LogP contribution in [0.15, 0.2) is 24.3 Å². The number of nitrogens with one attached hydrogen (secondary N) is 1. The van der Waals surface area contributed by atoms with E-state index in [1.54, 1.807) is 32.9 Å². The molecule has 0 fully saturated rings. The minimum Gasteiger partial charge on any atom is -0.480 e. The van der Waals surface area contributed by atoms with Crippen LogP contribution < -0.4 is 5.32 Å². The van der Waals surface area contributed by atoms with Gasteiger partial charge in [-0.1, -0.05) is 24.3 Å². The van der Waals surface area contributed by atoms with Crippen molar-refractivity contribution < 1.29 is 19.4 Å². The Morgan fingerprint density at radius 2 is 2.00 bits per heavy atom. The van der Waals surface area contributed by atoms with Gasteiger partial charge in [0.15, 0.2) is 0 Å². The van der Waals surface area contributed by atoms with Crippen LogP contribution >= 0.6 is 0 Å². The second kappa shape index (κ2) is 6.83. The lowest BCUT2D eigenvalue weighted by Crippen LogP contribution is -2.43. The van der Waals surface area contributed by atoms with Gasteiger partial charge in [0.2, 0.25) is 0 Å². The van der Waals surface area contributed by atoms with E-state index in [4.69, 9.17) is 9.84 Å². The molecule has 0 saturated carbocycles. The van der Waals surface area contributed by atoms with E-state index in [9.17, 15) is 9.59 Å². The number of carboxylic acid groups (broad SMARTS) is 1. The molecule has 0 rings (SSSR count). The van der Waals surface area contributed by atoms with Crippen LogP contribution in [0, 0.1) is 0 Å². The molecule has 5 heteroatoms. The summed E-state index contributed by atoms with van der Waals surface area (Å²) in [6, 6.07) is -1.04. The van der Waals surface area contributed by atoms with E-state index in [0.717, 1.165) is 0 Å². The quantitative estimate of drug-likeness (QED) is 0.740. The molecular weight excluding hydrogens is 234 g/mol. The van der Waals surface area contributed by atoms with Crippen LogP contribution in [0.3, 0.4) is 0 Å². The first kappa shape index (κ1) is 16.2. The Labute approximate surface area is 108 Å². The van der Waals surface area contributed by atoms with Crippen LogP contribution in [-0.2, 0) is 9.53 Å². The van der Waals surface area contributed by atoms with Gasteiger partial charge in [0, 0.05) is 6.42 Å². The van der Waals surface area contributed by atoms with Gasteiger partial charge in [-0.05, 0) is 27.7 Å². The highest BCUT2D eigenvalue weighted by atomic mass is 16.6. The first-order valence-electron chi connectivity index (χ1n) is 5.68. The number of rotatable bonds is 5. The van der Waals surface area contributed by atoms with Crippen molar-refractivity contribution >= 4 is 12.1 Å². The third-order valence-electron chi connectivity index (χ3n) is 1.86. The maximum atomic E-state index is 11.5. The van der Waals surface area contributed by atoms with Crippen molar-refractivity contribution in [2.45, 2.75) is 45.8 Å². The Balaban J connectivity index is 4.50. The van der Waals surface area contributed by atoms with E-state index in [1.165, 1.54) is 0 Å². The van der Waals surface area contributed by atoms with Gasteiger partial charge in [0.25, 0.3) is 0 Å². The van der Waals surface area contributed by atoms with E-state index < -0.39 is 23.7 Å². The van der Waals surface area contributed by atoms with Gasteiger partial charge >= 0.3 is 12.1 Å². The largest absolute Gasteiger partial charge is 0.480 e. The molecule has 0 aliphatic heterocycles. The summed E-state index contributed by atoms with van der Waals surface area (Å²) < 4.78 is 5.00. The molecule has 0 saturated heterocycles. The molecule has 0 aliphatic rings. The number of aliphatic carboxylic acids is 1. The molecule has 5 nitrogen and oxygen atoms in total. The summed E-state index contributed by atoms with van der Waals surface area (Å²) in [5.74, 6) is -1.12. The number of hydrogen-bond donors (Lipinski definition) is 2. The summed E-state index contributed by atoms with van der Waals surface area (Å²) in [5.41, 5.74) is -0.0334. The van der Waals surface area contributed by atoms with Crippen LogP contribution in [0.25, 0.3) is 0 Å². The summed E-state index contributed by atoms with van der Waals surface area (Å²) >= 11 is 0. The normalized spacial score (nSPS) is 13.1. The Morgan fingerprint density at radius 1 is 1.44 bits per heavy atom. The van der Waals surface area contributed by atoms with Crippen molar-refractivity contribution in [3.63, 3.8) is 0 Å². The number of hydrogen-bond acceptors (Lipinski definition) is 3. The highest BCUT2D eigenvalue weighted by Crippen LogP contribution is 2.09. The molecule has 0 aromatic rings. The molecule has 0 heterocycles. The van der Waals surface area contributed by atoms with Crippen LogP contribution in [-0.4, -0.2) is 28.8 Å². The minimum absolute atomic E-state index is 0.138. The van der Waals surface area contributed by atoms with Gasteiger partial charge < -0.3 is 15.2 Å². The Kier molecular flexibility index (Phi) is 6.16. The van der Waals surface area contributed by atoms with Crippen molar-refractivity contribution in [3.8, 4) is 0 Å². The summed E-state index contributed by atoms with van der Waals surface area (Å²) in [7, 11) is 0. The highest BCUT2D eigenvalue weighted by Gasteiger charge is 2.23. The zero-order valence-electron chi connectivity index (χ0n) is 11.3. The average Bonchev–Trinajstić information content (AvgIpc) is 2.13. The van der Waals surface area contributed by atoms with Crippen LogP contribution in [0.2, 0.25) is 0 Å².